The minimum atomic E-state index is -0.496. The first-order valence-corrected chi connectivity index (χ1v) is 3.92. The van der Waals surface area contributed by atoms with Crippen LogP contribution in [0.2, 0.25) is 0 Å². The zero-order valence-electron chi connectivity index (χ0n) is 7.45. The van der Waals surface area contributed by atoms with Gasteiger partial charge < -0.3 is 10.4 Å². The summed E-state index contributed by atoms with van der Waals surface area (Å²) in [6, 6.07) is 0. The minimum Gasteiger partial charge on any atom is -0.392 e. The topological polar surface area (TPSA) is 49.3 Å². The van der Waals surface area contributed by atoms with Crippen molar-refractivity contribution in [2.24, 2.45) is 0 Å². The molecule has 0 aromatic carbocycles. The fourth-order valence-electron chi connectivity index (χ4n) is 0.561. The predicted octanol–water partition coefficient (Wildman–Crippen LogP) is 0.616. The average molecular weight is 169 g/mol. The normalized spacial score (nSPS) is 13.9. The van der Waals surface area contributed by atoms with Crippen LogP contribution in [0.15, 0.2) is 24.3 Å². The van der Waals surface area contributed by atoms with Crippen LogP contribution in [0.1, 0.15) is 13.8 Å². The van der Waals surface area contributed by atoms with Crippen LogP contribution < -0.4 is 5.32 Å². The van der Waals surface area contributed by atoms with Gasteiger partial charge in [0.25, 0.3) is 0 Å². The Hall–Kier alpha value is -1.09. The molecule has 0 aliphatic carbocycles. The van der Waals surface area contributed by atoms with Crippen molar-refractivity contribution in [3.05, 3.63) is 24.3 Å². The summed E-state index contributed by atoms with van der Waals surface area (Å²) in [7, 11) is 0. The Balaban J connectivity index is 3.59. The van der Waals surface area contributed by atoms with Crippen molar-refractivity contribution >= 4 is 5.91 Å². The van der Waals surface area contributed by atoms with E-state index in [-0.39, 0.29) is 5.91 Å². The van der Waals surface area contributed by atoms with Crippen LogP contribution in [0, 0.1) is 0 Å². The molecule has 68 valence electrons. The van der Waals surface area contributed by atoms with Crippen molar-refractivity contribution < 1.29 is 9.90 Å². The first-order valence-electron chi connectivity index (χ1n) is 3.92. The SMILES string of the molecule is C/C=C/C=CC(=O)NC[C@H](C)O. The lowest BCUT2D eigenvalue weighted by Crippen LogP contribution is -2.28. The molecule has 3 nitrogen and oxygen atoms in total. The Bertz CT molecular complexity index is 183. The van der Waals surface area contributed by atoms with Crippen molar-refractivity contribution in [3.8, 4) is 0 Å². The third-order valence-electron chi connectivity index (χ3n) is 1.12. The standard InChI is InChI=1S/C9H15NO2/c1-3-4-5-6-9(12)10-7-8(2)11/h3-6,8,11H,7H2,1-2H3,(H,10,12)/b4-3+,6-5?/t8-/m0/s1. The zero-order chi connectivity index (χ0) is 9.40. The van der Waals surface area contributed by atoms with Gasteiger partial charge in [-0.15, -0.1) is 0 Å². The van der Waals surface area contributed by atoms with E-state index in [9.17, 15) is 4.79 Å². The maximum atomic E-state index is 10.9. The van der Waals surface area contributed by atoms with Gasteiger partial charge in [-0.2, -0.15) is 0 Å². The molecular formula is C9H15NO2. The third-order valence-corrected chi connectivity index (χ3v) is 1.12. The highest BCUT2D eigenvalue weighted by Gasteiger charge is 1.96. The molecule has 0 unspecified atom stereocenters. The van der Waals surface area contributed by atoms with E-state index in [4.69, 9.17) is 5.11 Å². The number of hydrogen-bond donors (Lipinski definition) is 2. The van der Waals surface area contributed by atoms with Crippen LogP contribution in [-0.4, -0.2) is 23.7 Å². The summed E-state index contributed by atoms with van der Waals surface area (Å²) in [6.07, 6.45) is 6.17. The molecule has 0 fully saturated rings. The second kappa shape index (κ2) is 6.61. The zero-order valence-corrected chi connectivity index (χ0v) is 7.45. The molecule has 1 amide bonds. The van der Waals surface area contributed by atoms with E-state index in [2.05, 4.69) is 5.32 Å². The van der Waals surface area contributed by atoms with Crippen molar-refractivity contribution in [3.63, 3.8) is 0 Å². The molecule has 3 heteroatoms. The lowest BCUT2D eigenvalue weighted by Gasteiger charge is -2.03. The van der Waals surface area contributed by atoms with Gasteiger partial charge in [-0.25, -0.2) is 0 Å². The summed E-state index contributed by atoms with van der Waals surface area (Å²) in [5.41, 5.74) is 0. The van der Waals surface area contributed by atoms with Gasteiger partial charge in [0.2, 0.25) is 5.91 Å². The van der Waals surface area contributed by atoms with E-state index < -0.39 is 6.10 Å². The number of hydrogen-bond acceptors (Lipinski definition) is 2. The fraction of sp³-hybridized carbons (Fsp3) is 0.444. The monoisotopic (exact) mass is 169 g/mol. The molecule has 0 aromatic heterocycles. The molecule has 1 atom stereocenters. The van der Waals surface area contributed by atoms with Crippen molar-refractivity contribution in [1.82, 2.24) is 5.32 Å². The molecule has 0 spiro atoms. The summed E-state index contributed by atoms with van der Waals surface area (Å²) < 4.78 is 0. The molecule has 0 aromatic rings. The van der Waals surface area contributed by atoms with Gasteiger partial charge in [0, 0.05) is 12.6 Å². The van der Waals surface area contributed by atoms with Crippen LogP contribution in [0.5, 0.6) is 0 Å². The third kappa shape index (κ3) is 7.02. The fourth-order valence-corrected chi connectivity index (χ4v) is 0.561. The molecule has 12 heavy (non-hydrogen) atoms. The number of carbonyl (C=O) groups excluding carboxylic acids is 1. The number of aliphatic hydroxyl groups excluding tert-OH is 1. The number of allylic oxidation sites excluding steroid dienone is 3. The number of carbonyl (C=O) groups is 1. The van der Waals surface area contributed by atoms with Crippen LogP contribution in [0.3, 0.4) is 0 Å². The molecule has 0 radical (unpaired) electrons. The second-order valence-corrected chi connectivity index (χ2v) is 2.48. The Labute approximate surface area is 72.8 Å². The van der Waals surface area contributed by atoms with Crippen LogP contribution >= 0.6 is 0 Å². The number of nitrogens with one attached hydrogen (secondary N) is 1. The van der Waals surface area contributed by atoms with Crippen LogP contribution in [0.4, 0.5) is 0 Å². The van der Waals surface area contributed by atoms with Gasteiger partial charge in [0.05, 0.1) is 6.10 Å². The van der Waals surface area contributed by atoms with Crippen LogP contribution in [0.25, 0.3) is 0 Å². The van der Waals surface area contributed by atoms with Gasteiger partial charge in [-0.05, 0) is 13.8 Å². The maximum Gasteiger partial charge on any atom is 0.244 e. The highest BCUT2D eigenvalue weighted by atomic mass is 16.3. The molecule has 2 N–H and O–H groups in total. The van der Waals surface area contributed by atoms with E-state index >= 15 is 0 Å². The van der Waals surface area contributed by atoms with E-state index in [0.29, 0.717) is 6.54 Å². The second-order valence-electron chi connectivity index (χ2n) is 2.48. The highest BCUT2D eigenvalue weighted by Crippen LogP contribution is 1.79. The van der Waals surface area contributed by atoms with Gasteiger partial charge in [-0.3, -0.25) is 4.79 Å². The quantitative estimate of drug-likeness (QED) is 0.478. The molecule has 0 saturated heterocycles. The van der Waals surface area contributed by atoms with Crippen LogP contribution in [-0.2, 0) is 4.79 Å². The van der Waals surface area contributed by atoms with Crippen molar-refractivity contribution in [2.75, 3.05) is 6.54 Å². The first kappa shape index (κ1) is 10.9. The number of amides is 1. The van der Waals surface area contributed by atoms with E-state index in [1.54, 1.807) is 19.1 Å². The molecule has 0 bridgehead atoms. The van der Waals surface area contributed by atoms with Crippen molar-refractivity contribution in [2.45, 2.75) is 20.0 Å². The Morgan fingerprint density at radius 1 is 1.58 bits per heavy atom. The van der Waals surface area contributed by atoms with Gasteiger partial charge >= 0.3 is 0 Å². The molecule has 0 rings (SSSR count). The lowest BCUT2D eigenvalue weighted by molar-refractivity contribution is -0.116. The molecule has 0 aliphatic heterocycles. The maximum absolute atomic E-state index is 10.9. The summed E-state index contributed by atoms with van der Waals surface area (Å²) in [6.45, 7) is 3.78. The molecule has 0 saturated carbocycles. The van der Waals surface area contributed by atoms with Gasteiger partial charge in [0.1, 0.15) is 0 Å². The summed E-state index contributed by atoms with van der Waals surface area (Å²) in [5, 5.41) is 11.4. The van der Waals surface area contributed by atoms with Crippen molar-refractivity contribution in [1.29, 1.82) is 0 Å². The minimum absolute atomic E-state index is 0.186. The smallest absolute Gasteiger partial charge is 0.244 e. The summed E-state index contributed by atoms with van der Waals surface area (Å²) in [5.74, 6) is -0.186. The lowest BCUT2D eigenvalue weighted by atomic mass is 10.4. The first-order chi connectivity index (χ1) is 5.66. The molecular weight excluding hydrogens is 154 g/mol. The van der Waals surface area contributed by atoms with Gasteiger partial charge in [0.15, 0.2) is 0 Å². The average Bonchev–Trinajstić information content (AvgIpc) is 2.01. The summed E-state index contributed by atoms with van der Waals surface area (Å²) in [4.78, 5) is 10.9. The molecule has 0 aliphatic rings. The van der Waals surface area contributed by atoms with Gasteiger partial charge in [-0.1, -0.05) is 18.2 Å². The number of rotatable bonds is 4. The van der Waals surface area contributed by atoms with E-state index in [1.807, 2.05) is 13.0 Å². The summed E-state index contributed by atoms with van der Waals surface area (Å²) >= 11 is 0. The molecule has 0 heterocycles. The highest BCUT2D eigenvalue weighted by molar-refractivity contribution is 5.87. The van der Waals surface area contributed by atoms with E-state index in [0.717, 1.165) is 0 Å². The predicted molar refractivity (Wildman–Crippen MR) is 48.6 cm³/mol. The Morgan fingerprint density at radius 2 is 2.25 bits per heavy atom. The van der Waals surface area contributed by atoms with E-state index in [1.165, 1.54) is 6.08 Å². The Kier molecular flexibility index (Phi) is 6.01. The number of aliphatic hydroxyl groups is 1. The largest absolute Gasteiger partial charge is 0.392 e. The Morgan fingerprint density at radius 3 is 2.75 bits per heavy atom.